The number of amides is 1. The zero-order valence-corrected chi connectivity index (χ0v) is 19.0. The van der Waals surface area contributed by atoms with Crippen molar-refractivity contribution >= 4 is 22.1 Å². The van der Waals surface area contributed by atoms with Gasteiger partial charge in [0.2, 0.25) is 15.9 Å². The molecule has 2 unspecified atom stereocenters. The number of hydrazone groups is 1. The van der Waals surface area contributed by atoms with Crippen LogP contribution in [0.4, 0.5) is 0 Å². The van der Waals surface area contributed by atoms with Crippen LogP contribution >= 0.6 is 0 Å². The number of morpholine rings is 1. The first-order valence-corrected chi connectivity index (χ1v) is 12.4. The lowest BCUT2D eigenvalue weighted by Crippen LogP contribution is -2.48. The Morgan fingerprint density at radius 1 is 1.26 bits per heavy atom. The number of carbonyl (C=O) groups is 1. The fourth-order valence-corrected chi connectivity index (χ4v) is 6.21. The summed E-state index contributed by atoms with van der Waals surface area (Å²) in [5, 5.41) is 4.16. The van der Waals surface area contributed by atoms with Gasteiger partial charge in [-0.3, -0.25) is 4.79 Å². The summed E-state index contributed by atoms with van der Waals surface area (Å²) in [6.45, 7) is 6.21. The van der Waals surface area contributed by atoms with E-state index < -0.39 is 10.0 Å². The molecular formula is C23H31N3O4S. The van der Waals surface area contributed by atoms with E-state index in [1.807, 2.05) is 0 Å². The third-order valence-corrected chi connectivity index (χ3v) is 9.00. The maximum absolute atomic E-state index is 12.7. The molecule has 1 aromatic carbocycles. The molecule has 2 fully saturated rings. The number of aryl methyl sites for hydroxylation is 1. The zero-order chi connectivity index (χ0) is 22.1. The molecule has 168 valence electrons. The van der Waals surface area contributed by atoms with Crippen molar-refractivity contribution in [2.75, 3.05) is 26.3 Å². The molecule has 2 atom stereocenters. The summed E-state index contributed by atoms with van der Waals surface area (Å²) in [6, 6.07) is 6.76. The summed E-state index contributed by atoms with van der Waals surface area (Å²) >= 11 is 0. The lowest BCUT2D eigenvalue weighted by atomic mass is 9.49. The largest absolute Gasteiger partial charge is 0.379 e. The number of carbonyl (C=O) groups excluding carboxylic acids is 1. The number of fused-ring (bicyclic) bond motifs is 1. The topological polar surface area (TPSA) is 88.1 Å². The van der Waals surface area contributed by atoms with Crippen molar-refractivity contribution in [3.05, 3.63) is 41.5 Å². The third-order valence-electron chi connectivity index (χ3n) is 7.09. The Bertz CT molecular complexity index is 977. The van der Waals surface area contributed by atoms with Crippen LogP contribution in [0.3, 0.4) is 0 Å². The van der Waals surface area contributed by atoms with Crippen molar-refractivity contribution < 1.29 is 17.9 Å². The normalized spacial score (nSPS) is 25.7. The maximum Gasteiger partial charge on any atom is 0.243 e. The van der Waals surface area contributed by atoms with Gasteiger partial charge in [-0.05, 0) is 59.8 Å². The average Bonchev–Trinajstić information content (AvgIpc) is 2.78. The van der Waals surface area contributed by atoms with Gasteiger partial charge >= 0.3 is 0 Å². The molecule has 0 spiro atoms. The molecule has 8 heteroatoms. The van der Waals surface area contributed by atoms with Gasteiger partial charge in [-0.2, -0.15) is 9.41 Å². The van der Waals surface area contributed by atoms with Crippen LogP contribution in [0.15, 0.2) is 45.9 Å². The number of nitrogens with zero attached hydrogens (tertiary/aromatic N) is 2. The molecule has 0 radical (unpaired) electrons. The molecule has 2 bridgehead atoms. The highest BCUT2D eigenvalue weighted by Gasteiger charge is 2.50. The predicted molar refractivity (Wildman–Crippen MR) is 119 cm³/mol. The molecule has 0 aromatic heterocycles. The Hall–Kier alpha value is -2.03. The molecule has 1 N–H and O–H groups in total. The van der Waals surface area contributed by atoms with E-state index in [2.05, 4.69) is 30.5 Å². The molecule has 1 amide bonds. The monoisotopic (exact) mass is 445 g/mol. The minimum atomic E-state index is -3.49. The van der Waals surface area contributed by atoms with Crippen molar-refractivity contribution in [2.24, 2.45) is 22.4 Å². The van der Waals surface area contributed by atoms with Crippen LogP contribution in [0.5, 0.6) is 0 Å². The third kappa shape index (κ3) is 4.61. The van der Waals surface area contributed by atoms with Crippen LogP contribution in [0.1, 0.15) is 38.7 Å². The lowest BCUT2D eigenvalue weighted by molar-refractivity contribution is -0.121. The second-order valence-electron chi connectivity index (χ2n) is 9.20. The number of hydrogen-bond donors (Lipinski definition) is 1. The Kier molecular flexibility index (Phi) is 6.32. The maximum atomic E-state index is 12.7. The fourth-order valence-electron chi connectivity index (χ4n) is 4.80. The standard InChI is InChI=1S/C23H31N3O4S/c1-23(2)19-7-6-18(21(23)15-19)16-24-25-22(27)10-5-17-3-8-20(9-4-17)31(28,29)26-11-13-30-14-12-26/h3-4,6,8-9,16,19,21H,5,7,10-15H2,1-2H3,(H,25,27)/b24-16+. The van der Waals surface area contributed by atoms with Gasteiger partial charge in [-0.1, -0.05) is 32.1 Å². The number of benzene rings is 1. The zero-order valence-electron chi connectivity index (χ0n) is 18.2. The minimum absolute atomic E-state index is 0.150. The Balaban J connectivity index is 1.26. The quantitative estimate of drug-likeness (QED) is 0.516. The SMILES string of the molecule is CC1(C)C2CC=C(/C=N/NC(=O)CCc3ccc(S(=O)(=O)N4CCOCC4)cc3)C1C2. The van der Waals surface area contributed by atoms with Gasteiger partial charge in [-0.25, -0.2) is 13.8 Å². The van der Waals surface area contributed by atoms with Crippen LogP contribution in [-0.4, -0.2) is 51.1 Å². The van der Waals surface area contributed by atoms with E-state index in [9.17, 15) is 13.2 Å². The van der Waals surface area contributed by atoms with Gasteiger partial charge in [-0.15, -0.1) is 0 Å². The van der Waals surface area contributed by atoms with Gasteiger partial charge in [0.15, 0.2) is 0 Å². The van der Waals surface area contributed by atoms with Gasteiger partial charge < -0.3 is 4.74 Å². The summed E-state index contributed by atoms with van der Waals surface area (Å²) < 4.78 is 32.0. The molecule has 1 saturated heterocycles. The summed E-state index contributed by atoms with van der Waals surface area (Å²) in [6.07, 6.45) is 7.17. The van der Waals surface area contributed by atoms with Crippen LogP contribution in [0.25, 0.3) is 0 Å². The van der Waals surface area contributed by atoms with Crippen LogP contribution in [0.2, 0.25) is 0 Å². The van der Waals surface area contributed by atoms with Gasteiger partial charge in [0.25, 0.3) is 0 Å². The molecule has 3 aliphatic carbocycles. The number of nitrogens with one attached hydrogen (secondary N) is 1. The first-order valence-electron chi connectivity index (χ1n) is 11.0. The van der Waals surface area contributed by atoms with Crippen molar-refractivity contribution in [1.82, 2.24) is 9.73 Å². The summed E-state index contributed by atoms with van der Waals surface area (Å²) in [5.74, 6) is 1.17. The Morgan fingerprint density at radius 2 is 1.97 bits per heavy atom. The number of rotatable bonds is 7. The highest BCUT2D eigenvalue weighted by molar-refractivity contribution is 7.89. The van der Waals surface area contributed by atoms with E-state index >= 15 is 0 Å². The summed E-state index contributed by atoms with van der Waals surface area (Å²) in [4.78, 5) is 12.4. The second kappa shape index (κ2) is 8.84. The molecule has 1 aromatic rings. The fraction of sp³-hybridized carbons (Fsp3) is 0.565. The van der Waals surface area contributed by atoms with Crippen molar-refractivity contribution in [3.8, 4) is 0 Å². The first kappa shape index (κ1) is 22.2. The van der Waals surface area contributed by atoms with Gasteiger partial charge in [0.1, 0.15) is 0 Å². The van der Waals surface area contributed by atoms with Gasteiger partial charge in [0.05, 0.1) is 24.3 Å². The number of hydrogen-bond acceptors (Lipinski definition) is 5. The number of ether oxygens (including phenoxy) is 1. The van der Waals surface area contributed by atoms with Crippen LogP contribution < -0.4 is 5.43 Å². The van der Waals surface area contributed by atoms with E-state index in [0.717, 1.165) is 17.9 Å². The van der Waals surface area contributed by atoms with Gasteiger partial charge in [0, 0.05) is 19.5 Å². The minimum Gasteiger partial charge on any atom is -0.379 e. The van der Waals surface area contributed by atoms with Crippen LogP contribution in [0, 0.1) is 17.3 Å². The molecule has 7 nitrogen and oxygen atoms in total. The second-order valence-corrected chi connectivity index (χ2v) is 11.1. The van der Waals surface area contributed by atoms with E-state index in [-0.39, 0.29) is 10.8 Å². The van der Waals surface area contributed by atoms with E-state index in [4.69, 9.17) is 4.74 Å². The smallest absolute Gasteiger partial charge is 0.243 e. The Morgan fingerprint density at radius 3 is 2.61 bits per heavy atom. The summed E-state index contributed by atoms with van der Waals surface area (Å²) in [7, 11) is -3.49. The van der Waals surface area contributed by atoms with Crippen LogP contribution in [-0.2, 0) is 26.0 Å². The van der Waals surface area contributed by atoms with E-state index in [1.54, 1.807) is 30.5 Å². The number of allylic oxidation sites excluding steroid dienone is 2. The van der Waals surface area contributed by atoms with E-state index in [0.29, 0.717) is 50.5 Å². The lowest BCUT2D eigenvalue weighted by Gasteiger charge is -2.55. The highest BCUT2D eigenvalue weighted by atomic mass is 32.2. The van der Waals surface area contributed by atoms with Crippen molar-refractivity contribution in [3.63, 3.8) is 0 Å². The molecule has 1 heterocycles. The molecular weight excluding hydrogens is 414 g/mol. The Labute approximate surface area is 184 Å². The highest BCUT2D eigenvalue weighted by Crippen LogP contribution is 2.58. The molecule has 5 rings (SSSR count). The molecule has 1 saturated carbocycles. The number of sulfonamides is 1. The average molecular weight is 446 g/mol. The molecule has 1 aliphatic heterocycles. The first-order chi connectivity index (χ1) is 14.8. The molecule has 4 aliphatic rings. The predicted octanol–water partition coefficient (Wildman–Crippen LogP) is 2.73. The molecule has 31 heavy (non-hydrogen) atoms. The summed E-state index contributed by atoms with van der Waals surface area (Å²) in [5.41, 5.74) is 5.10. The van der Waals surface area contributed by atoms with Crippen molar-refractivity contribution in [1.29, 1.82) is 0 Å². The van der Waals surface area contributed by atoms with E-state index in [1.165, 1.54) is 16.3 Å². The van der Waals surface area contributed by atoms with Crippen molar-refractivity contribution in [2.45, 2.75) is 44.4 Å².